The third-order valence-corrected chi connectivity index (χ3v) is 9.55. The number of anilines is 1. The number of carboxylic acid groups (broad SMARTS) is 1. The van der Waals surface area contributed by atoms with Crippen molar-refractivity contribution in [1.29, 1.82) is 0 Å². The van der Waals surface area contributed by atoms with Gasteiger partial charge in [-0.25, -0.2) is 0 Å². The summed E-state index contributed by atoms with van der Waals surface area (Å²) >= 11 is 1.52. The molecule has 0 saturated carbocycles. The van der Waals surface area contributed by atoms with Crippen LogP contribution in [0, 0.1) is 25.7 Å². The van der Waals surface area contributed by atoms with E-state index >= 15 is 0 Å². The Hall–Kier alpha value is -2.32. The first-order chi connectivity index (χ1) is 15.6. The van der Waals surface area contributed by atoms with E-state index in [0.717, 1.165) is 16.8 Å². The molecule has 33 heavy (non-hydrogen) atoms. The van der Waals surface area contributed by atoms with Gasteiger partial charge < -0.3 is 20.0 Å². The van der Waals surface area contributed by atoms with Gasteiger partial charge in [-0.15, -0.1) is 18.3 Å². The second-order valence-corrected chi connectivity index (χ2v) is 11.6. The minimum absolute atomic E-state index is 0.108. The predicted octanol–water partition coefficient (Wildman–Crippen LogP) is 2.77. The highest BCUT2D eigenvalue weighted by Crippen LogP contribution is 2.71. The Kier molecular flexibility index (Phi) is 6.12. The molecular weight excluding hydrogens is 440 g/mol. The minimum Gasteiger partial charge on any atom is -0.481 e. The van der Waals surface area contributed by atoms with Crippen molar-refractivity contribution in [3.8, 4) is 0 Å². The number of hydrogen-bond acceptors (Lipinski definition) is 5. The highest BCUT2D eigenvalue weighted by molar-refractivity contribution is 8.02. The Labute approximate surface area is 198 Å². The minimum atomic E-state index is -0.974. The van der Waals surface area contributed by atoms with E-state index in [1.165, 1.54) is 11.8 Å². The van der Waals surface area contributed by atoms with Crippen molar-refractivity contribution in [3.63, 3.8) is 0 Å². The number of aliphatic carboxylic acids is 1. The molecule has 1 aromatic carbocycles. The van der Waals surface area contributed by atoms with Crippen LogP contribution >= 0.6 is 11.8 Å². The van der Waals surface area contributed by atoms with Crippen LogP contribution in [0.3, 0.4) is 0 Å². The normalized spacial score (nSPS) is 32.2. The van der Waals surface area contributed by atoms with Crippen molar-refractivity contribution in [1.82, 2.24) is 4.90 Å². The zero-order chi connectivity index (χ0) is 24.1. The highest BCUT2D eigenvalue weighted by atomic mass is 32.2. The van der Waals surface area contributed by atoms with Crippen molar-refractivity contribution >= 4 is 35.2 Å². The molecule has 8 heteroatoms. The molecule has 1 spiro atoms. The maximum Gasteiger partial charge on any atom is 0.308 e. The van der Waals surface area contributed by atoms with Crippen molar-refractivity contribution in [2.24, 2.45) is 11.8 Å². The molecule has 7 nitrogen and oxygen atoms in total. The zero-order valence-corrected chi connectivity index (χ0v) is 20.2. The maximum absolute atomic E-state index is 14.3. The van der Waals surface area contributed by atoms with Gasteiger partial charge in [-0.05, 0) is 57.2 Å². The molecule has 2 amide bonds. The van der Waals surface area contributed by atoms with Gasteiger partial charge in [0.25, 0.3) is 5.91 Å². The topological polar surface area (TPSA) is 98.2 Å². The Morgan fingerprint density at radius 3 is 2.70 bits per heavy atom. The van der Waals surface area contributed by atoms with Crippen LogP contribution in [0.5, 0.6) is 0 Å². The molecule has 0 aromatic heterocycles. The van der Waals surface area contributed by atoms with E-state index < -0.39 is 33.3 Å². The average molecular weight is 473 g/mol. The van der Waals surface area contributed by atoms with Gasteiger partial charge >= 0.3 is 5.97 Å². The Morgan fingerprint density at radius 1 is 1.33 bits per heavy atom. The molecule has 2 bridgehead atoms. The van der Waals surface area contributed by atoms with Gasteiger partial charge in [0, 0.05) is 30.1 Å². The first kappa shape index (κ1) is 23.8. The lowest BCUT2D eigenvalue weighted by atomic mass is 9.66. The van der Waals surface area contributed by atoms with Crippen LogP contribution in [0.4, 0.5) is 5.69 Å². The SMILES string of the molecule is C=CCN(C(=O)C1N(CCCO)C(=O)[C@@H]2[C@@H](C(=O)O)[C@@]3(C)CCC12S3)c1cc(C)ccc1C. The highest BCUT2D eigenvalue weighted by Gasteiger charge is 2.77. The number of aryl methyl sites for hydroxylation is 2. The largest absolute Gasteiger partial charge is 0.481 e. The standard InChI is InChI=1S/C25H32N2O5S/c1-5-11-26(17-14-15(2)7-8-16(17)3)22(30)20-25-10-9-24(4,33-25)19(23(31)32)18(25)21(29)27(20)12-6-13-28/h5,7-8,14,18-20,28H,1,6,9-13H2,2-4H3,(H,31,32)/t18-,19-,20?,24+,25?/m0/s1. The van der Waals surface area contributed by atoms with E-state index in [1.807, 2.05) is 39.0 Å². The number of fused-ring (bicyclic) bond motifs is 1. The summed E-state index contributed by atoms with van der Waals surface area (Å²) in [5, 5.41) is 19.5. The van der Waals surface area contributed by atoms with Gasteiger partial charge in [-0.3, -0.25) is 14.4 Å². The Bertz CT molecular complexity index is 1010. The van der Waals surface area contributed by atoms with Crippen molar-refractivity contribution in [2.45, 2.75) is 55.6 Å². The molecule has 3 aliphatic rings. The van der Waals surface area contributed by atoms with Gasteiger partial charge in [-0.1, -0.05) is 18.2 Å². The fourth-order valence-electron chi connectivity index (χ4n) is 6.16. The van der Waals surface area contributed by atoms with Gasteiger partial charge in [0.2, 0.25) is 5.91 Å². The Balaban J connectivity index is 1.83. The predicted molar refractivity (Wildman–Crippen MR) is 128 cm³/mol. The summed E-state index contributed by atoms with van der Waals surface area (Å²) in [6.07, 6.45) is 3.28. The molecule has 2 N–H and O–H groups in total. The van der Waals surface area contributed by atoms with Crippen molar-refractivity contribution in [2.75, 3.05) is 24.6 Å². The molecule has 0 aliphatic carbocycles. The number of carbonyl (C=O) groups excluding carboxylic acids is 2. The fraction of sp³-hybridized carbons (Fsp3) is 0.560. The average Bonchev–Trinajstić information content (AvgIpc) is 3.32. The van der Waals surface area contributed by atoms with E-state index in [4.69, 9.17) is 0 Å². The number of aliphatic hydroxyl groups excluding tert-OH is 1. The molecule has 2 unspecified atom stereocenters. The van der Waals surface area contributed by atoms with Gasteiger partial charge in [0.1, 0.15) is 6.04 Å². The van der Waals surface area contributed by atoms with E-state index in [2.05, 4.69) is 6.58 Å². The summed E-state index contributed by atoms with van der Waals surface area (Å²) in [7, 11) is 0. The summed E-state index contributed by atoms with van der Waals surface area (Å²) < 4.78 is -1.35. The molecule has 5 atom stereocenters. The van der Waals surface area contributed by atoms with Crippen molar-refractivity contribution < 1.29 is 24.6 Å². The second-order valence-electron chi connectivity index (χ2n) is 9.70. The molecule has 4 rings (SSSR count). The van der Waals surface area contributed by atoms with Crippen LogP contribution < -0.4 is 4.90 Å². The van der Waals surface area contributed by atoms with Crippen LogP contribution in [-0.4, -0.2) is 68.1 Å². The summed E-state index contributed by atoms with van der Waals surface area (Å²) in [4.78, 5) is 43.5. The lowest BCUT2D eigenvalue weighted by molar-refractivity contribution is -0.150. The summed E-state index contributed by atoms with van der Waals surface area (Å²) in [6, 6.07) is 5.14. The number of amides is 2. The van der Waals surface area contributed by atoms with Gasteiger partial charge in [0.15, 0.2) is 0 Å². The number of rotatable bonds is 8. The number of likely N-dealkylation sites (tertiary alicyclic amines) is 1. The van der Waals surface area contributed by atoms with Crippen LogP contribution in [0.1, 0.15) is 37.3 Å². The van der Waals surface area contributed by atoms with Crippen LogP contribution in [-0.2, 0) is 14.4 Å². The summed E-state index contributed by atoms with van der Waals surface area (Å²) in [6.45, 7) is 10.1. The first-order valence-corrected chi connectivity index (χ1v) is 12.3. The summed E-state index contributed by atoms with van der Waals surface area (Å²) in [5.41, 5.74) is 2.73. The first-order valence-electron chi connectivity index (χ1n) is 11.4. The molecule has 1 aromatic rings. The molecule has 178 valence electrons. The maximum atomic E-state index is 14.3. The molecule has 3 aliphatic heterocycles. The quantitative estimate of drug-likeness (QED) is 0.565. The zero-order valence-electron chi connectivity index (χ0n) is 19.4. The molecule has 3 heterocycles. The van der Waals surface area contributed by atoms with Crippen LogP contribution in [0.15, 0.2) is 30.9 Å². The molecule has 3 saturated heterocycles. The fourth-order valence-corrected chi connectivity index (χ4v) is 8.50. The molecular formula is C25H32N2O5S. The number of thioether (sulfide) groups is 1. The number of aliphatic hydroxyl groups is 1. The van der Waals surface area contributed by atoms with E-state index in [0.29, 0.717) is 19.3 Å². The number of carboxylic acids is 1. The Morgan fingerprint density at radius 2 is 2.06 bits per heavy atom. The lowest BCUT2D eigenvalue weighted by Crippen LogP contribution is -2.55. The smallest absolute Gasteiger partial charge is 0.308 e. The van der Waals surface area contributed by atoms with E-state index in [9.17, 15) is 24.6 Å². The van der Waals surface area contributed by atoms with Crippen molar-refractivity contribution in [3.05, 3.63) is 42.0 Å². The number of hydrogen-bond donors (Lipinski definition) is 2. The summed E-state index contributed by atoms with van der Waals surface area (Å²) in [5.74, 6) is -3.02. The van der Waals surface area contributed by atoms with E-state index in [-0.39, 0.29) is 31.5 Å². The van der Waals surface area contributed by atoms with Gasteiger partial charge in [0.05, 0.1) is 16.6 Å². The lowest BCUT2D eigenvalue weighted by Gasteiger charge is -2.37. The number of nitrogens with zero attached hydrogens (tertiary/aromatic N) is 2. The van der Waals surface area contributed by atoms with Crippen LogP contribution in [0.25, 0.3) is 0 Å². The monoisotopic (exact) mass is 472 g/mol. The number of carbonyl (C=O) groups is 3. The second kappa shape index (κ2) is 8.47. The third-order valence-electron chi connectivity index (χ3n) is 7.57. The van der Waals surface area contributed by atoms with E-state index in [1.54, 1.807) is 15.9 Å². The molecule has 0 radical (unpaired) electrons. The van der Waals surface area contributed by atoms with Gasteiger partial charge in [-0.2, -0.15) is 0 Å². The third kappa shape index (κ3) is 3.49. The molecule has 3 fully saturated rings. The number of benzene rings is 1. The van der Waals surface area contributed by atoms with Crippen LogP contribution in [0.2, 0.25) is 0 Å².